The van der Waals surface area contributed by atoms with Gasteiger partial charge in [-0.05, 0) is 15.9 Å². The number of rotatable bonds is 2. The number of ether oxygens (including phenoxy) is 1. The molecule has 2 aromatic heterocycles. The molecule has 3 heterocycles. The average molecular weight is 346 g/mol. The molecule has 0 saturated carbocycles. The molecule has 0 aliphatic carbocycles. The minimum Gasteiger partial charge on any atom is -0.394 e. The molecule has 5 N–H and O–H groups in total. The minimum atomic E-state index is -1.22. The molecule has 108 valence electrons. The molecule has 1 aliphatic rings. The quantitative estimate of drug-likeness (QED) is 0.496. The number of fused-ring (bicyclic) bond motifs is 1. The Bertz CT molecular complexity index is 650. The Labute approximate surface area is 121 Å². The summed E-state index contributed by atoms with van der Waals surface area (Å²) < 4.78 is 7.23. The van der Waals surface area contributed by atoms with Gasteiger partial charge in [-0.2, -0.15) is 0 Å². The van der Waals surface area contributed by atoms with E-state index in [9.17, 15) is 10.2 Å². The van der Waals surface area contributed by atoms with Crippen LogP contribution in [-0.4, -0.2) is 59.8 Å². The Kier molecular flexibility index (Phi) is 3.34. The number of anilines is 1. The van der Waals surface area contributed by atoms with E-state index < -0.39 is 31.1 Å². The standard InChI is InChI=1S/C10H12BrN5O4/c11-10-15-4-7(12)13-2-14-8(4)16(10)9-6(19)5(18)3(1-17)20-9/h2-3,5-6,9,17-19H,1H2,(H2,12,13,14)/t3-,5+,6-,9-/m1/s1. The molecule has 9 nitrogen and oxygen atoms in total. The third-order valence-electron chi connectivity index (χ3n) is 3.23. The van der Waals surface area contributed by atoms with E-state index >= 15 is 0 Å². The molecule has 3 rings (SSSR count). The second kappa shape index (κ2) is 4.90. The van der Waals surface area contributed by atoms with Crippen molar-refractivity contribution in [2.45, 2.75) is 24.5 Å². The zero-order chi connectivity index (χ0) is 14.4. The monoisotopic (exact) mass is 345 g/mol. The van der Waals surface area contributed by atoms with E-state index in [0.29, 0.717) is 15.9 Å². The third kappa shape index (κ3) is 1.88. The summed E-state index contributed by atoms with van der Waals surface area (Å²) >= 11 is 3.24. The molecule has 0 amide bonds. The number of aromatic nitrogens is 4. The van der Waals surface area contributed by atoms with Crippen LogP contribution in [0.25, 0.3) is 11.2 Å². The van der Waals surface area contributed by atoms with Gasteiger partial charge in [-0.25, -0.2) is 15.0 Å². The number of halogens is 1. The van der Waals surface area contributed by atoms with E-state index in [1.54, 1.807) is 0 Å². The molecule has 1 saturated heterocycles. The van der Waals surface area contributed by atoms with Crippen LogP contribution in [0, 0.1) is 0 Å². The van der Waals surface area contributed by atoms with Crippen molar-refractivity contribution < 1.29 is 20.1 Å². The highest BCUT2D eigenvalue weighted by Crippen LogP contribution is 2.34. The summed E-state index contributed by atoms with van der Waals surface area (Å²) in [6.45, 7) is -0.407. The molecule has 2 aromatic rings. The molecule has 0 bridgehead atoms. The van der Waals surface area contributed by atoms with E-state index in [1.165, 1.54) is 10.9 Å². The van der Waals surface area contributed by atoms with Crippen LogP contribution in [0.3, 0.4) is 0 Å². The number of nitrogens with zero attached hydrogens (tertiary/aromatic N) is 4. The highest BCUT2D eigenvalue weighted by molar-refractivity contribution is 9.10. The van der Waals surface area contributed by atoms with Gasteiger partial charge < -0.3 is 25.8 Å². The minimum absolute atomic E-state index is 0.196. The maximum Gasteiger partial charge on any atom is 0.181 e. The molecule has 1 aliphatic heterocycles. The Hall–Kier alpha value is -1.33. The fourth-order valence-corrected chi connectivity index (χ4v) is 2.77. The molecule has 0 spiro atoms. The first-order valence-corrected chi connectivity index (χ1v) is 6.60. The van der Waals surface area contributed by atoms with Crippen molar-refractivity contribution in [3.8, 4) is 0 Å². The van der Waals surface area contributed by atoms with E-state index in [0.717, 1.165) is 0 Å². The second-order valence-electron chi connectivity index (χ2n) is 4.41. The SMILES string of the molecule is Nc1ncnc2c1nc(Br)n2[C@@H]1O[C@H](CO)[C@H](O)[C@H]1O. The zero-order valence-corrected chi connectivity index (χ0v) is 11.7. The van der Waals surface area contributed by atoms with Gasteiger partial charge in [0.25, 0.3) is 0 Å². The van der Waals surface area contributed by atoms with Crippen molar-refractivity contribution in [3.05, 3.63) is 11.1 Å². The summed E-state index contributed by atoms with van der Waals surface area (Å²) in [7, 11) is 0. The number of hydrogen-bond acceptors (Lipinski definition) is 8. The fraction of sp³-hybridized carbons (Fsp3) is 0.500. The predicted octanol–water partition coefficient (Wildman–Crippen LogP) is -1.22. The summed E-state index contributed by atoms with van der Waals surface area (Å²) in [5.41, 5.74) is 6.43. The van der Waals surface area contributed by atoms with E-state index in [1.807, 2.05) is 0 Å². The van der Waals surface area contributed by atoms with Crippen LogP contribution >= 0.6 is 15.9 Å². The lowest BCUT2D eigenvalue weighted by molar-refractivity contribution is -0.0521. The van der Waals surface area contributed by atoms with Crippen LogP contribution in [0.4, 0.5) is 5.82 Å². The molecule has 20 heavy (non-hydrogen) atoms. The maximum atomic E-state index is 10.1. The summed E-state index contributed by atoms with van der Waals surface area (Å²) in [6.07, 6.45) is -2.97. The number of nitrogen functional groups attached to an aromatic ring is 1. The Balaban J connectivity index is 2.11. The van der Waals surface area contributed by atoms with E-state index in [-0.39, 0.29) is 5.82 Å². The van der Waals surface area contributed by atoms with Gasteiger partial charge in [0.05, 0.1) is 6.61 Å². The summed E-state index contributed by atoms with van der Waals surface area (Å²) in [5.74, 6) is 0.196. The summed E-state index contributed by atoms with van der Waals surface area (Å²) in [5, 5.41) is 29.0. The second-order valence-corrected chi connectivity index (χ2v) is 5.12. The number of aliphatic hydroxyl groups excluding tert-OH is 3. The van der Waals surface area contributed by atoms with Crippen molar-refractivity contribution in [1.82, 2.24) is 19.5 Å². The van der Waals surface area contributed by atoms with Crippen molar-refractivity contribution in [1.29, 1.82) is 0 Å². The van der Waals surface area contributed by atoms with Crippen molar-refractivity contribution in [2.75, 3.05) is 12.3 Å². The molecular weight excluding hydrogens is 334 g/mol. The fourth-order valence-electron chi connectivity index (χ4n) is 2.22. The van der Waals surface area contributed by atoms with Crippen LogP contribution in [0.2, 0.25) is 0 Å². The van der Waals surface area contributed by atoms with Crippen LogP contribution in [-0.2, 0) is 4.74 Å². The lowest BCUT2D eigenvalue weighted by Gasteiger charge is -2.17. The van der Waals surface area contributed by atoms with Crippen molar-refractivity contribution in [2.24, 2.45) is 0 Å². The molecule has 10 heteroatoms. The van der Waals surface area contributed by atoms with Crippen LogP contribution in [0.1, 0.15) is 6.23 Å². The van der Waals surface area contributed by atoms with Gasteiger partial charge in [0.2, 0.25) is 0 Å². The highest BCUT2D eigenvalue weighted by Gasteiger charge is 2.44. The molecule has 0 unspecified atom stereocenters. The normalized spacial score (nSPS) is 30.2. The number of aliphatic hydroxyl groups is 3. The van der Waals surface area contributed by atoms with Gasteiger partial charge in [0, 0.05) is 0 Å². The molecule has 4 atom stereocenters. The van der Waals surface area contributed by atoms with Gasteiger partial charge in [-0.15, -0.1) is 0 Å². The molecular formula is C10H12BrN5O4. The largest absolute Gasteiger partial charge is 0.394 e. The Morgan fingerprint density at radius 3 is 2.75 bits per heavy atom. The predicted molar refractivity (Wildman–Crippen MR) is 70.4 cm³/mol. The van der Waals surface area contributed by atoms with Gasteiger partial charge in [0.1, 0.15) is 24.6 Å². The van der Waals surface area contributed by atoms with Crippen LogP contribution < -0.4 is 5.73 Å². The topological polar surface area (TPSA) is 140 Å². The summed E-state index contributed by atoms with van der Waals surface area (Å²) in [4.78, 5) is 12.1. The molecule has 1 fully saturated rings. The first-order valence-electron chi connectivity index (χ1n) is 5.81. The lowest BCUT2D eigenvalue weighted by Crippen LogP contribution is -2.33. The van der Waals surface area contributed by atoms with E-state index in [2.05, 4.69) is 30.9 Å². The van der Waals surface area contributed by atoms with Gasteiger partial charge in [-0.3, -0.25) is 4.57 Å². The van der Waals surface area contributed by atoms with Gasteiger partial charge in [0.15, 0.2) is 27.9 Å². The smallest absolute Gasteiger partial charge is 0.181 e. The van der Waals surface area contributed by atoms with Crippen molar-refractivity contribution >= 4 is 32.9 Å². The van der Waals surface area contributed by atoms with Crippen LogP contribution in [0.5, 0.6) is 0 Å². The lowest BCUT2D eigenvalue weighted by atomic mass is 10.1. The Morgan fingerprint density at radius 2 is 2.10 bits per heavy atom. The first kappa shape index (κ1) is 13.6. The molecule has 0 radical (unpaired) electrons. The zero-order valence-electron chi connectivity index (χ0n) is 10.1. The highest BCUT2D eigenvalue weighted by atomic mass is 79.9. The summed E-state index contributed by atoms with van der Waals surface area (Å²) in [6, 6.07) is 0. The van der Waals surface area contributed by atoms with Crippen molar-refractivity contribution in [3.63, 3.8) is 0 Å². The molecule has 0 aromatic carbocycles. The Morgan fingerprint density at radius 1 is 1.35 bits per heavy atom. The number of nitrogens with two attached hydrogens (primary N) is 1. The maximum absolute atomic E-state index is 10.1. The average Bonchev–Trinajstić information content (AvgIpc) is 2.90. The number of imidazole rings is 1. The van der Waals surface area contributed by atoms with E-state index in [4.69, 9.17) is 15.6 Å². The van der Waals surface area contributed by atoms with Gasteiger partial charge in [-0.1, -0.05) is 0 Å². The number of hydrogen-bond donors (Lipinski definition) is 4. The van der Waals surface area contributed by atoms with Gasteiger partial charge >= 0.3 is 0 Å². The van der Waals surface area contributed by atoms with Crippen LogP contribution in [0.15, 0.2) is 11.1 Å². The third-order valence-corrected chi connectivity index (χ3v) is 3.79. The first-order chi connectivity index (χ1) is 9.54.